The number of hydrogen-bond donors (Lipinski definition) is 2. The molecule has 0 radical (unpaired) electrons. The van der Waals surface area contributed by atoms with Crippen LogP contribution in [0.2, 0.25) is 0 Å². The Bertz CT molecular complexity index is 1010. The maximum Gasteiger partial charge on any atom is 0.108 e. The van der Waals surface area contributed by atoms with E-state index < -0.39 is 0 Å². The Hall–Kier alpha value is 0.260. The Morgan fingerprint density at radius 2 is 1.34 bits per heavy atom. The fourth-order valence-corrected chi connectivity index (χ4v) is 12.2. The first-order chi connectivity index (χ1) is 19.3. The molecule has 3 heterocycles. The minimum absolute atomic E-state index is 0.00343. The highest BCUT2D eigenvalue weighted by atomic mass is 32.2. The van der Waals surface area contributed by atoms with E-state index in [0.717, 1.165) is 102 Å². The average Bonchev–Trinajstić information content (AvgIpc) is 3.53. The quantitative estimate of drug-likeness (QED) is 0.177. The second-order valence-corrected chi connectivity index (χ2v) is 17.7. The minimum Gasteiger partial charge on any atom is -0.393 e. The van der Waals surface area contributed by atoms with Crippen LogP contribution in [0.15, 0.2) is 22.0 Å². The summed E-state index contributed by atoms with van der Waals surface area (Å²) in [5.41, 5.74) is -0.156. The van der Waals surface area contributed by atoms with E-state index in [1.54, 1.807) is 0 Å². The molecule has 4 rings (SSSR count). The van der Waals surface area contributed by atoms with Crippen molar-refractivity contribution in [3.8, 4) is 0 Å². The third-order valence-electron chi connectivity index (χ3n) is 9.38. The number of fused-ring (bicyclic) bond motifs is 2. The van der Waals surface area contributed by atoms with Gasteiger partial charge in [0.15, 0.2) is 0 Å². The molecule has 0 aromatic heterocycles. The van der Waals surface area contributed by atoms with Gasteiger partial charge in [-0.1, -0.05) is 69.1 Å². The van der Waals surface area contributed by atoms with Crippen LogP contribution in [0.3, 0.4) is 0 Å². The van der Waals surface area contributed by atoms with Gasteiger partial charge in [0.05, 0.1) is 17.2 Å². The van der Waals surface area contributed by atoms with Crippen LogP contribution in [-0.4, -0.2) is 64.1 Å². The smallest absolute Gasteiger partial charge is 0.108 e. The highest BCUT2D eigenvalue weighted by Crippen LogP contribution is 2.48. The van der Waals surface area contributed by atoms with Crippen LogP contribution in [0.5, 0.6) is 0 Å². The van der Waals surface area contributed by atoms with E-state index in [1.807, 2.05) is 23.5 Å². The largest absolute Gasteiger partial charge is 0.393 e. The summed E-state index contributed by atoms with van der Waals surface area (Å²) >= 11 is 27.2. The van der Waals surface area contributed by atoms with Gasteiger partial charge in [-0.3, -0.25) is 0 Å². The lowest BCUT2D eigenvalue weighted by molar-refractivity contribution is 0.116. The summed E-state index contributed by atoms with van der Waals surface area (Å²) in [4.78, 5) is 8.86. The molecule has 4 aliphatic rings. The van der Waals surface area contributed by atoms with E-state index in [9.17, 15) is 10.2 Å². The minimum atomic E-state index is -0.338. The molecule has 0 amide bonds. The molecule has 0 bridgehead atoms. The van der Waals surface area contributed by atoms with Crippen molar-refractivity contribution in [3.05, 3.63) is 22.0 Å². The molecule has 0 spiro atoms. The van der Waals surface area contributed by atoms with E-state index in [2.05, 4.69) is 44.7 Å². The molecule has 5 unspecified atom stereocenters. The lowest BCUT2D eigenvalue weighted by Crippen LogP contribution is -2.53. The standard InChI is InChI=1S/C32H47NO2S6/c1-31(2,28-24(36)18-25-22(29(28)38)12-16-40-25)14-6-10-20(34)8-5-9-21(35)11-7-15-32(3,4)33-27(37)19-26-23(30(33)39)13-17-41-26/h18-23,28,34-35H,5-17H2,1-4H3. The van der Waals surface area contributed by atoms with Crippen molar-refractivity contribution in [3.63, 3.8) is 0 Å². The number of aliphatic hydroxyl groups excluding tert-OH is 2. The van der Waals surface area contributed by atoms with Crippen LogP contribution in [-0.2, 0) is 0 Å². The van der Waals surface area contributed by atoms with E-state index >= 15 is 0 Å². The van der Waals surface area contributed by atoms with Gasteiger partial charge < -0.3 is 15.1 Å². The summed E-state index contributed by atoms with van der Waals surface area (Å²) in [5.74, 6) is 3.21. The molecule has 0 aromatic carbocycles. The molecule has 2 saturated heterocycles. The Kier molecular flexibility index (Phi) is 12.1. The summed E-state index contributed by atoms with van der Waals surface area (Å²) in [6.07, 6.45) is 13.6. The topological polar surface area (TPSA) is 43.7 Å². The van der Waals surface area contributed by atoms with Crippen LogP contribution in [0, 0.1) is 23.2 Å². The molecule has 0 saturated carbocycles. The number of nitrogens with zero attached hydrogens (tertiary/aromatic N) is 1. The Morgan fingerprint density at radius 1 is 0.805 bits per heavy atom. The zero-order chi connectivity index (χ0) is 29.9. The van der Waals surface area contributed by atoms with Gasteiger partial charge in [0, 0.05) is 33.0 Å². The summed E-state index contributed by atoms with van der Waals surface area (Å²) in [7, 11) is 0. The number of aliphatic hydroxyl groups is 2. The predicted octanol–water partition coefficient (Wildman–Crippen LogP) is 8.64. The molecule has 2 fully saturated rings. The first kappa shape index (κ1) is 34.1. The first-order valence-electron chi connectivity index (χ1n) is 15.3. The second-order valence-electron chi connectivity index (χ2n) is 13.5. The maximum atomic E-state index is 10.7. The van der Waals surface area contributed by atoms with Gasteiger partial charge in [-0.15, -0.1) is 23.5 Å². The Balaban J connectivity index is 1.12. The van der Waals surface area contributed by atoms with Crippen molar-refractivity contribution in [1.82, 2.24) is 4.90 Å². The van der Waals surface area contributed by atoms with E-state index in [4.69, 9.17) is 48.9 Å². The van der Waals surface area contributed by atoms with Crippen molar-refractivity contribution < 1.29 is 10.2 Å². The van der Waals surface area contributed by atoms with Gasteiger partial charge in [0.25, 0.3) is 0 Å². The normalized spacial score (nSPS) is 26.6. The Morgan fingerprint density at radius 3 is 1.98 bits per heavy atom. The van der Waals surface area contributed by atoms with Gasteiger partial charge >= 0.3 is 0 Å². The third kappa shape index (κ3) is 8.30. The van der Waals surface area contributed by atoms with Gasteiger partial charge in [-0.2, -0.15) is 0 Å². The van der Waals surface area contributed by atoms with Crippen molar-refractivity contribution in [2.24, 2.45) is 23.2 Å². The maximum absolute atomic E-state index is 10.7. The zero-order valence-corrected chi connectivity index (χ0v) is 29.9. The van der Waals surface area contributed by atoms with Crippen LogP contribution < -0.4 is 0 Å². The highest BCUT2D eigenvalue weighted by Gasteiger charge is 2.43. The fourth-order valence-electron chi connectivity index (χ4n) is 6.97. The summed E-state index contributed by atoms with van der Waals surface area (Å²) in [6.45, 7) is 9.01. The molecule has 0 aromatic rings. The molecule has 5 atom stereocenters. The van der Waals surface area contributed by atoms with Crippen molar-refractivity contribution >= 4 is 92.1 Å². The van der Waals surface area contributed by atoms with Gasteiger partial charge in [-0.05, 0) is 117 Å². The van der Waals surface area contributed by atoms with Crippen molar-refractivity contribution in [2.75, 3.05) is 11.5 Å². The molecule has 2 N–H and O–H groups in total. The summed E-state index contributed by atoms with van der Waals surface area (Å²) < 4.78 is 0. The lowest BCUT2D eigenvalue weighted by atomic mass is 9.67. The second kappa shape index (κ2) is 14.6. The highest BCUT2D eigenvalue weighted by molar-refractivity contribution is 8.03. The van der Waals surface area contributed by atoms with E-state index in [-0.39, 0.29) is 29.1 Å². The van der Waals surface area contributed by atoms with E-state index in [0.29, 0.717) is 11.8 Å². The molecule has 3 nitrogen and oxygen atoms in total. The van der Waals surface area contributed by atoms with Crippen molar-refractivity contribution in [2.45, 2.75) is 116 Å². The fraction of sp³-hybridized carbons (Fsp3) is 0.750. The predicted molar refractivity (Wildman–Crippen MR) is 194 cm³/mol. The molecule has 3 aliphatic heterocycles. The van der Waals surface area contributed by atoms with Crippen LogP contribution in [0.4, 0.5) is 0 Å². The molecule has 9 heteroatoms. The molecule has 1 aliphatic carbocycles. The first-order valence-corrected chi connectivity index (χ1v) is 18.9. The summed E-state index contributed by atoms with van der Waals surface area (Å²) in [6, 6.07) is 0. The third-order valence-corrected chi connectivity index (χ3v) is 13.4. The van der Waals surface area contributed by atoms with Gasteiger partial charge in [0.2, 0.25) is 0 Å². The van der Waals surface area contributed by atoms with E-state index in [1.165, 1.54) is 9.81 Å². The van der Waals surface area contributed by atoms with Crippen LogP contribution in [0.25, 0.3) is 0 Å². The van der Waals surface area contributed by atoms with Crippen LogP contribution >= 0.6 is 72.4 Å². The molecule has 41 heavy (non-hydrogen) atoms. The molecule has 228 valence electrons. The number of hydrogen-bond acceptors (Lipinski definition) is 8. The number of allylic oxidation sites excluding steroid dienone is 2. The molecular formula is C32H47NO2S6. The van der Waals surface area contributed by atoms with Gasteiger partial charge in [0.1, 0.15) is 4.99 Å². The molecular weight excluding hydrogens is 623 g/mol. The average molecular weight is 670 g/mol. The lowest BCUT2D eigenvalue weighted by Gasteiger charge is -2.44. The van der Waals surface area contributed by atoms with Crippen LogP contribution in [0.1, 0.15) is 98.3 Å². The number of thiocarbonyl (C=S) groups is 4. The monoisotopic (exact) mass is 669 g/mol. The Labute approximate surface area is 278 Å². The van der Waals surface area contributed by atoms with Crippen molar-refractivity contribution in [1.29, 1.82) is 0 Å². The number of rotatable bonds is 14. The van der Waals surface area contributed by atoms with Gasteiger partial charge in [-0.25, -0.2) is 0 Å². The SMILES string of the molecule is CC(C)(CCCC(O)CCCC(O)CCCC(C)(C)N1C(=S)C=C2SCCC2C1=S)C1C(=S)C=C2SCCC2C1=S. The number of thioether (sulfide) groups is 2. The summed E-state index contributed by atoms with van der Waals surface area (Å²) in [5, 5.41) is 21.3. The zero-order valence-electron chi connectivity index (χ0n) is 25.0.